The summed E-state index contributed by atoms with van der Waals surface area (Å²) in [5.74, 6) is -0.827. The number of phenolic OH excluding ortho intramolecular Hbond substituents is 3. The number of allylic oxidation sites excluding steroid dienone is 2. The van der Waals surface area contributed by atoms with E-state index >= 15 is 0 Å². The van der Waals surface area contributed by atoms with Gasteiger partial charge in [-0.05, 0) is 29.7 Å². The quantitative estimate of drug-likeness (QED) is 0.329. The van der Waals surface area contributed by atoms with Crippen molar-refractivity contribution in [2.24, 2.45) is 5.92 Å². The van der Waals surface area contributed by atoms with Crippen LogP contribution < -0.4 is 5.43 Å². The van der Waals surface area contributed by atoms with Crippen molar-refractivity contribution in [2.45, 2.75) is 33.1 Å². The average molecular weight is 380 g/mol. The Kier molecular flexibility index (Phi) is 4.71. The van der Waals surface area contributed by atoms with Gasteiger partial charge in [-0.15, -0.1) is 6.58 Å². The van der Waals surface area contributed by atoms with Gasteiger partial charge in [0.15, 0.2) is 22.8 Å². The number of hydrogen-bond acceptors (Lipinski definition) is 5. The molecule has 5 heteroatoms. The van der Waals surface area contributed by atoms with Gasteiger partial charge in [-0.3, -0.25) is 4.79 Å². The maximum Gasteiger partial charge on any atom is 0.204 e. The molecule has 1 heterocycles. The minimum Gasteiger partial charge on any atom is -0.504 e. The van der Waals surface area contributed by atoms with Gasteiger partial charge in [0.2, 0.25) is 5.43 Å². The van der Waals surface area contributed by atoms with E-state index in [0.29, 0.717) is 17.0 Å². The maximum absolute atomic E-state index is 13.2. The Morgan fingerprint density at radius 1 is 1.07 bits per heavy atom. The predicted octanol–water partition coefficient (Wildman–Crippen LogP) is 5.20. The van der Waals surface area contributed by atoms with Crippen LogP contribution in [-0.2, 0) is 5.41 Å². The number of hydrogen-bond donors (Lipinski definition) is 3. The minimum absolute atomic E-state index is 0.0328. The Bertz CT molecular complexity index is 1180. The molecule has 0 radical (unpaired) electrons. The molecule has 3 N–H and O–H groups in total. The van der Waals surface area contributed by atoms with Crippen molar-refractivity contribution in [3.8, 4) is 17.2 Å². The lowest BCUT2D eigenvalue weighted by atomic mass is 9.83. The van der Waals surface area contributed by atoms with Crippen LogP contribution in [0.2, 0.25) is 0 Å². The summed E-state index contributed by atoms with van der Waals surface area (Å²) in [7, 11) is 0. The lowest BCUT2D eigenvalue weighted by molar-refractivity contribution is 0.405. The van der Waals surface area contributed by atoms with Crippen molar-refractivity contribution >= 4 is 28.0 Å². The predicted molar refractivity (Wildman–Crippen MR) is 112 cm³/mol. The van der Waals surface area contributed by atoms with E-state index in [1.54, 1.807) is 12.1 Å². The lowest BCUT2D eigenvalue weighted by Crippen LogP contribution is -2.15. The molecule has 2 aromatic carbocycles. The molecule has 0 amide bonds. The fourth-order valence-electron chi connectivity index (χ4n) is 3.09. The van der Waals surface area contributed by atoms with E-state index in [-0.39, 0.29) is 27.7 Å². The highest BCUT2D eigenvalue weighted by Gasteiger charge is 2.27. The lowest BCUT2D eigenvalue weighted by Gasteiger charge is -2.22. The second-order valence-electron chi connectivity index (χ2n) is 7.87. The van der Waals surface area contributed by atoms with E-state index in [2.05, 4.69) is 6.58 Å². The molecule has 0 fully saturated rings. The highest BCUT2D eigenvalue weighted by Crippen LogP contribution is 2.42. The molecule has 5 nitrogen and oxygen atoms in total. The van der Waals surface area contributed by atoms with Crippen LogP contribution in [0.3, 0.4) is 0 Å². The van der Waals surface area contributed by atoms with Gasteiger partial charge < -0.3 is 19.7 Å². The number of benzene rings is 2. The molecular weight excluding hydrogens is 356 g/mol. The molecule has 0 atom stereocenters. The third-order valence-corrected chi connectivity index (χ3v) is 4.88. The second-order valence-corrected chi connectivity index (χ2v) is 7.87. The molecule has 0 bridgehead atoms. The average Bonchev–Trinajstić information content (AvgIpc) is 2.63. The number of phenols is 3. The van der Waals surface area contributed by atoms with E-state index in [0.717, 1.165) is 0 Å². The van der Waals surface area contributed by atoms with Gasteiger partial charge in [0, 0.05) is 11.0 Å². The Balaban J connectivity index is 2.49. The van der Waals surface area contributed by atoms with Gasteiger partial charge in [0.1, 0.15) is 11.0 Å². The molecule has 0 aliphatic carbocycles. The van der Waals surface area contributed by atoms with Gasteiger partial charge in [0.25, 0.3) is 0 Å². The first-order chi connectivity index (χ1) is 13.1. The van der Waals surface area contributed by atoms with E-state index in [4.69, 9.17) is 4.42 Å². The van der Waals surface area contributed by atoms with Crippen molar-refractivity contribution in [3.05, 3.63) is 58.3 Å². The third-order valence-electron chi connectivity index (χ3n) is 4.88. The Labute approximate surface area is 162 Å². The molecule has 3 rings (SSSR count). The summed E-state index contributed by atoms with van der Waals surface area (Å²) >= 11 is 0. The molecule has 28 heavy (non-hydrogen) atoms. The second kappa shape index (κ2) is 6.75. The van der Waals surface area contributed by atoms with Crippen LogP contribution in [0.15, 0.2) is 46.1 Å². The number of rotatable bonds is 4. The standard InChI is InChI=1S/C23H24O5/c1-6-23(4,5)15-11-16(24)20(27)18-19(26)14-9-13(8-7-12(2)3)10-17(25)21(14)28-22(15)18/h6-12,24-25,27H,1H2,2-5H3. The van der Waals surface area contributed by atoms with Crippen molar-refractivity contribution in [2.75, 3.05) is 0 Å². The zero-order chi connectivity index (χ0) is 20.8. The van der Waals surface area contributed by atoms with Gasteiger partial charge in [-0.2, -0.15) is 0 Å². The molecule has 3 aromatic rings. The normalized spacial score (nSPS) is 12.5. The SMILES string of the molecule is C=CC(C)(C)c1cc(O)c(O)c2c(=O)c3cc(C=CC(C)C)cc(O)c3oc12. The molecule has 0 aliphatic rings. The summed E-state index contributed by atoms with van der Waals surface area (Å²) in [5.41, 5.74) is 0.0825. The van der Waals surface area contributed by atoms with Crippen molar-refractivity contribution < 1.29 is 19.7 Å². The molecule has 0 saturated carbocycles. The summed E-state index contributed by atoms with van der Waals surface area (Å²) in [6.07, 6.45) is 5.40. The summed E-state index contributed by atoms with van der Waals surface area (Å²) < 4.78 is 5.90. The van der Waals surface area contributed by atoms with Crippen molar-refractivity contribution in [1.82, 2.24) is 0 Å². The molecule has 1 aromatic heterocycles. The summed E-state index contributed by atoms with van der Waals surface area (Å²) in [5, 5.41) is 31.0. The molecule has 146 valence electrons. The van der Waals surface area contributed by atoms with E-state index in [1.165, 1.54) is 12.1 Å². The topological polar surface area (TPSA) is 90.9 Å². The van der Waals surface area contributed by atoms with Gasteiger partial charge in [0.05, 0.1) is 5.39 Å². The van der Waals surface area contributed by atoms with Crippen LogP contribution in [0.5, 0.6) is 17.2 Å². The Morgan fingerprint density at radius 2 is 1.75 bits per heavy atom. The maximum atomic E-state index is 13.2. The van der Waals surface area contributed by atoms with Crippen molar-refractivity contribution in [1.29, 1.82) is 0 Å². The largest absolute Gasteiger partial charge is 0.504 e. The van der Waals surface area contributed by atoms with Crippen LogP contribution >= 0.6 is 0 Å². The molecule has 0 spiro atoms. The smallest absolute Gasteiger partial charge is 0.204 e. The van der Waals surface area contributed by atoms with Crippen LogP contribution in [0.25, 0.3) is 28.0 Å². The van der Waals surface area contributed by atoms with E-state index < -0.39 is 22.3 Å². The highest BCUT2D eigenvalue weighted by atomic mass is 16.4. The molecule has 0 unspecified atom stereocenters. The summed E-state index contributed by atoms with van der Waals surface area (Å²) in [6, 6.07) is 4.47. The van der Waals surface area contributed by atoms with E-state index in [9.17, 15) is 20.1 Å². The Hall–Kier alpha value is -3.21. The molecular formula is C23H24O5. The number of aromatic hydroxyl groups is 3. The van der Waals surface area contributed by atoms with Gasteiger partial charge in [-0.1, -0.05) is 45.9 Å². The molecule has 0 saturated heterocycles. The fourth-order valence-corrected chi connectivity index (χ4v) is 3.09. The van der Waals surface area contributed by atoms with Gasteiger partial charge >= 0.3 is 0 Å². The van der Waals surface area contributed by atoms with E-state index in [1.807, 2.05) is 39.8 Å². The minimum atomic E-state index is -0.650. The first-order valence-corrected chi connectivity index (χ1v) is 9.07. The monoisotopic (exact) mass is 380 g/mol. The fraction of sp³-hybridized carbons (Fsp3) is 0.261. The zero-order valence-electron chi connectivity index (χ0n) is 16.4. The zero-order valence-corrected chi connectivity index (χ0v) is 16.4. The Morgan fingerprint density at radius 3 is 2.36 bits per heavy atom. The third kappa shape index (κ3) is 3.13. The summed E-state index contributed by atoms with van der Waals surface area (Å²) in [4.78, 5) is 13.2. The van der Waals surface area contributed by atoms with Crippen LogP contribution in [0, 0.1) is 5.92 Å². The highest BCUT2D eigenvalue weighted by molar-refractivity contribution is 5.98. The summed E-state index contributed by atoms with van der Waals surface area (Å²) in [6.45, 7) is 11.5. The van der Waals surface area contributed by atoms with Crippen LogP contribution in [0.1, 0.15) is 38.8 Å². The van der Waals surface area contributed by atoms with Crippen LogP contribution in [-0.4, -0.2) is 15.3 Å². The van der Waals surface area contributed by atoms with Gasteiger partial charge in [-0.25, -0.2) is 0 Å². The first-order valence-electron chi connectivity index (χ1n) is 9.07. The van der Waals surface area contributed by atoms with Crippen LogP contribution in [0.4, 0.5) is 0 Å². The first kappa shape index (κ1) is 19.5. The molecule has 0 aliphatic heterocycles. The van der Waals surface area contributed by atoms with Crippen molar-refractivity contribution in [3.63, 3.8) is 0 Å². The number of fused-ring (bicyclic) bond motifs is 2.